The molecule has 0 saturated heterocycles. The van der Waals surface area contributed by atoms with Gasteiger partial charge >= 0.3 is 0 Å². The molecule has 15 heavy (non-hydrogen) atoms. The molecular weight excluding hydrogens is 322 g/mol. The van der Waals surface area contributed by atoms with Crippen LogP contribution < -0.4 is 5.32 Å². The zero-order chi connectivity index (χ0) is 11.3. The Morgan fingerprint density at radius 2 is 1.93 bits per heavy atom. The van der Waals surface area contributed by atoms with E-state index in [1.54, 1.807) is 0 Å². The number of halogens is 2. The Kier molecular flexibility index (Phi) is 5.05. The smallest absolute Gasteiger partial charge is 0.251 e. The van der Waals surface area contributed by atoms with E-state index in [-0.39, 0.29) is 5.91 Å². The van der Waals surface area contributed by atoms with E-state index in [4.69, 9.17) is 0 Å². The molecule has 0 fully saturated rings. The Bertz CT molecular complexity index is 359. The number of carbonyl (C=O) groups excluding carboxylic acids is 1. The number of carbonyl (C=O) groups is 1. The van der Waals surface area contributed by atoms with Crippen LogP contribution in [-0.2, 0) is 5.33 Å². The van der Waals surface area contributed by atoms with Gasteiger partial charge in [0, 0.05) is 21.9 Å². The van der Waals surface area contributed by atoms with Gasteiger partial charge in [-0.1, -0.05) is 50.6 Å². The fourth-order valence-electron chi connectivity index (χ4n) is 1.02. The highest BCUT2D eigenvalue weighted by Crippen LogP contribution is 2.08. The Morgan fingerprint density at radius 1 is 1.33 bits per heavy atom. The summed E-state index contributed by atoms with van der Waals surface area (Å²) in [5, 5.41) is 3.54. The molecule has 0 aliphatic rings. The lowest BCUT2D eigenvalue weighted by molar-refractivity contribution is 0.0958. The van der Waals surface area contributed by atoms with Gasteiger partial charge in [-0.3, -0.25) is 4.79 Å². The predicted molar refractivity (Wildman–Crippen MR) is 69.5 cm³/mol. The summed E-state index contributed by atoms with van der Waals surface area (Å²) < 4.78 is 0.757. The van der Waals surface area contributed by atoms with Crippen molar-refractivity contribution in [2.45, 2.75) is 5.33 Å². The van der Waals surface area contributed by atoms with Crippen LogP contribution in [0, 0.1) is 0 Å². The van der Waals surface area contributed by atoms with Crippen LogP contribution in [0.2, 0.25) is 0 Å². The molecule has 0 aliphatic carbocycles. The lowest BCUT2D eigenvalue weighted by Crippen LogP contribution is -2.24. The molecule has 1 amide bonds. The first-order chi connectivity index (χ1) is 7.13. The average molecular weight is 333 g/mol. The number of hydrogen-bond acceptors (Lipinski definition) is 1. The molecule has 0 bridgehead atoms. The molecule has 80 valence electrons. The molecule has 2 nitrogen and oxygen atoms in total. The van der Waals surface area contributed by atoms with Gasteiger partial charge in [-0.15, -0.1) is 0 Å². The average Bonchev–Trinajstić information content (AvgIpc) is 2.26. The molecule has 0 aromatic heterocycles. The topological polar surface area (TPSA) is 29.1 Å². The SMILES string of the molecule is C=C(Br)CNC(=O)c1ccc(CBr)cc1. The molecule has 0 spiro atoms. The minimum absolute atomic E-state index is 0.0864. The van der Waals surface area contributed by atoms with Gasteiger partial charge in [0.15, 0.2) is 0 Å². The van der Waals surface area contributed by atoms with Crippen LogP contribution in [0.1, 0.15) is 15.9 Å². The summed E-state index contributed by atoms with van der Waals surface area (Å²) in [5.41, 5.74) is 1.81. The molecule has 0 atom stereocenters. The molecule has 4 heteroatoms. The summed E-state index contributed by atoms with van der Waals surface area (Å²) in [6, 6.07) is 7.46. The van der Waals surface area contributed by atoms with Gasteiger partial charge in [0.05, 0.1) is 0 Å². The highest BCUT2D eigenvalue weighted by atomic mass is 79.9. The monoisotopic (exact) mass is 331 g/mol. The second-order valence-corrected chi connectivity index (χ2v) is 4.71. The standard InChI is InChI=1S/C11H11Br2NO/c1-8(13)7-14-11(15)10-4-2-9(6-12)3-5-10/h2-5H,1,6-7H2,(H,14,15). The third kappa shape index (κ3) is 4.18. The number of alkyl halides is 1. The van der Waals surface area contributed by atoms with Gasteiger partial charge in [-0.25, -0.2) is 0 Å². The van der Waals surface area contributed by atoms with E-state index in [1.165, 1.54) is 0 Å². The maximum atomic E-state index is 11.6. The minimum Gasteiger partial charge on any atom is -0.347 e. The summed E-state index contributed by atoms with van der Waals surface area (Å²) in [4.78, 5) is 11.6. The third-order valence-corrected chi connectivity index (χ3v) is 2.74. The lowest BCUT2D eigenvalue weighted by atomic mass is 10.1. The summed E-state index contributed by atoms with van der Waals surface area (Å²) in [6.07, 6.45) is 0. The van der Waals surface area contributed by atoms with E-state index in [0.717, 1.165) is 15.4 Å². The highest BCUT2D eigenvalue weighted by molar-refractivity contribution is 9.11. The number of nitrogens with one attached hydrogen (secondary N) is 1. The van der Waals surface area contributed by atoms with E-state index in [2.05, 4.69) is 43.8 Å². The van der Waals surface area contributed by atoms with Crippen molar-refractivity contribution in [2.75, 3.05) is 6.54 Å². The van der Waals surface area contributed by atoms with E-state index < -0.39 is 0 Å². The first kappa shape index (κ1) is 12.5. The highest BCUT2D eigenvalue weighted by Gasteiger charge is 2.04. The van der Waals surface area contributed by atoms with Gasteiger partial charge in [0.1, 0.15) is 0 Å². The maximum Gasteiger partial charge on any atom is 0.251 e. The molecule has 1 aromatic rings. The minimum atomic E-state index is -0.0864. The second-order valence-electron chi connectivity index (χ2n) is 3.03. The molecular formula is C11H11Br2NO. The Hall–Kier alpha value is -0.610. The molecule has 0 aliphatic heterocycles. The van der Waals surface area contributed by atoms with Crippen molar-refractivity contribution >= 4 is 37.8 Å². The van der Waals surface area contributed by atoms with Crippen molar-refractivity contribution in [3.8, 4) is 0 Å². The zero-order valence-corrected chi connectivity index (χ0v) is 11.3. The molecule has 1 N–H and O–H groups in total. The van der Waals surface area contributed by atoms with E-state index in [0.29, 0.717) is 12.1 Å². The summed E-state index contributed by atoms with van der Waals surface area (Å²) in [7, 11) is 0. The molecule has 0 saturated carbocycles. The molecule has 0 radical (unpaired) electrons. The first-order valence-corrected chi connectivity index (χ1v) is 6.31. The normalized spacial score (nSPS) is 9.73. The third-order valence-electron chi connectivity index (χ3n) is 1.81. The fourth-order valence-corrected chi connectivity index (χ4v) is 1.54. The van der Waals surface area contributed by atoms with Crippen LogP contribution in [0.25, 0.3) is 0 Å². The molecule has 0 unspecified atom stereocenters. The van der Waals surface area contributed by atoms with Gasteiger partial charge in [-0.2, -0.15) is 0 Å². The summed E-state index contributed by atoms with van der Waals surface area (Å²) in [6.45, 7) is 4.09. The van der Waals surface area contributed by atoms with Crippen molar-refractivity contribution < 1.29 is 4.79 Å². The van der Waals surface area contributed by atoms with Crippen molar-refractivity contribution in [2.24, 2.45) is 0 Å². The maximum absolute atomic E-state index is 11.6. The van der Waals surface area contributed by atoms with Crippen molar-refractivity contribution in [1.82, 2.24) is 5.32 Å². The number of rotatable bonds is 4. The Labute approximate surface area is 106 Å². The van der Waals surface area contributed by atoms with Crippen LogP contribution in [0.4, 0.5) is 0 Å². The zero-order valence-electron chi connectivity index (χ0n) is 8.09. The van der Waals surface area contributed by atoms with Gasteiger partial charge in [0.25, 0.3) is 5.91 Å². The number of amides is 1. The van der Waals surface area contributed by atoms with E-state index in [1.807, 2.05) is 24.3 Å². The predicted octanol–water partition coefficient (Wildman–Crippen LogP) is 3.22. The number of hydrogen-bond donors (Lipinski definition) is 1. The van der Waals surface area contributed by atoms with E-state index in [9.17, 15) is 4.79 Å². The van der Waals surface area contributed by atoms with Crippen molar-refractivity contribution in [1.29, 1.82) is 0 Å². The fraction of sp³-hybridized carbons (Fsp3) is 0.182. The lowest BCUT2D eigenvalue weighted by Gasteiger charge is -2.04. The largest absolute Gasteiger partial charge is 0.347 e. The quantitative estimate of drug-likeness (QED) is 0.843. The summed E-state index contributed by atoms with van der Waals surface area (Å²) >= 11 is 6.53. The number of benzene rings is 1. The van der Waals surface area contributed by atoms with Crippen LogP contribution in [-0.4, -0.2) is 12.5 Å². The Morgan fingerprint density at radius 3 is 2.40 bits per heavy atom. The van der Waals surface area contributed by atoms with Crippen LogP contribution in [0.15, 0.2) is 35.3 Å². The molecule has 0 heterocycles. The van der Waals surface area contributed by atoms with Crippen LogP contribution in [0.5, 0.6) is 0 Å². The summed E-state index contributed by atoms with van der Waals surface area (Å²) in [5.74, 6) is -0.0864. The van der Waals surface area contributed by atoms with Gasteiger partial charge < -0.3 is 5.32 Å². The first-order valence-electron chi connectivity index (χ1n) is 4.40. The van der Waals surface area contributed by atoms with Gasteiger partial charge in [0.2, 0.25) is 0 Å². The van der Waals surface area contributed by atoms with Crippen molar-refractivity contribution in [3.05, 3.63) is 46.5 Å². The van der Waals surface area contributed by atoms with Crippen LogP contribution in [0.3, 0.4) is 0 Å². The Balaban J connectivity index is 2.62. The van der Waals surface area contributed by atoms with E-state index >= 15 is 0 Å². The van der Waals surface area contributed by atoms with Crippen molar-refractivity contribution in [3.63, 3.8) is 0 Å². The molecule has 1 rings (SSSR count). The van der Waals surface area contributed by atoms with Gasteiger partial charge in [-0.05, 0) is 17.7 Å². The second kappa shape index (κ2) is 6.08. The van der Waals surface area contributed by atoms with Crippen LogP contribution >= 0.6 is 31.9 Å². The molecule has 1 aromatic carbocycles.